The Morgan fingerprint density at radius 3 is 3.00 bits per heavy atom. The SMILES string of the molecule is NC1CCc2c(ccc(Cl)c2O)C1. The van der Waals surface area contributed by atoms with Gasteiger partial charge in [0.2, 0.25) is 0 Å². The zero-order valence-electron chi connectivity index (χ0n) is 7.26. The van der Waals surface area contributed by atoms with Gasteiger partial charge in [0.05, 0.1) is 5.02 Å². The number of nitrogens with two attached hydrogens (primary N) is 1. The van der Waals surface area contributed by atoms with Gasteiger partial charge in [-0.25, -0.2) is 0 Å². The maximum Gasteiger partial charge on any atom is 0.137 e. The van der Waals surface area contributed by atoms with Crippen molar-refractivity contribution in [2.24, 2.45) is 5.73 Å². The first-order chi connectivity index (χ1) is 6.18. The van der Waals surface area contributed by atoms with Crippen molar-refractivity contribution in [3.63, 3.8) is 0 Å². The molecular formula is C10H12ClNO. The number of halogens is 1. The second-order valence-corrected chi connectivity index (χ2v) is 3.94. The second-order valence-electron chi connectivity index (χ2n) is 3.54. The molecule has 2 nitrogen and oxygen atoms in total. The lowest BCUT2D eigenvalue weighted by molar-refractivity contribution is 0.457. The molecule has 0 aromatic heterocycles. The Bertz CT molecular complexity index is 338. The minimum atomic E-state index is 0.230. The number of aromatic hydroxyl groups is 1. The summed E-state index contributed by atoms with van der Waals surface area (Å²) < 4.78 is 0. The number of hydrogen-bond donors (Lipinski definition) is 2. The summed E-state index contributed by atoms with van der Waals surface area (Å²) in [5.41, 5.74) is 7.94. The Labute approximate surface area is 82.3 Å². The average molecular weight is 198 g/mol. The van der Waals surface area contributed by atoms with E-state index in [2.05, 4.69) is 0 Å². The first kappa shape index (κ1) is 8.85. The molecule has 0 bridgehead atoms. The van der Waals surface area contributed by atoms with Crippen LogP contribution in [-0.2, 0) is 12.8 Å². The molecule has 0 saturated heterocycles. The van der Waals surface area contributed by atoms with Gasteiger partial charge in [0, 0.05) is 6.04 Å². The fourth-order valence-electron chi connectivity index (χ4n) is 1.83. The summed E-state index contributed by atoms with van der Waals surface area (Å²) in [4.78, 5) is 0. The maximum absolute atomic E-state index is 9.66. The molecule has 1 atom stereocenters. The van der Waals surface area contributed by atoms with Gasteiger partial charge in [-0.1, -0.05) is 17.7 Å². The van der Waals surface area contributed by atoms with Crippen molar-refractivity contribution in [3.05, 3.63) is 28.3 Å². The molecule has 1 aromatic rings. The van der Waals surface area contributed by atoms with E-state index in [1.165, 1.54) is 0 Å². The molecule has 1 unspecified atom stereocenters. The van der Waals surface area contributed by atoms with Gasteiger partial charge in [-0.3, -0.25) is 0 Å². The van der Waals surface area contributed by atoms with Crippen molar-refractivity contribution < 1.29 is 5.11 Å². The Hall–Kier alpha value is -0.730. The molecule has 13 heavy (non-hydrogen) atoms. The van der Waals surface area contributed by atoms with Crippen molar-refractivity contribution in [3.8, 4) is 5.75 Å². The zero-order chi connectivity index (χ0) is 9.42. The number of rotatable bonds is 0. The summed E-state index contributed by atoms with van der Waals surface area (Å²) in [7, 11) is 0. The van der Waals surface area contributed by atoms with E-state index in [0.717, 1.165) is 30.4 Å². The van der Waals surface area contributed by atoms with Crippen molar-refractivity contribution in [1.82, 2.24) is 0 Å². The maximum atomic E-state index is 9.66. The normalized spacial score (nSPS) is 21.2. The van der Waals surface area contributed by atoms with Crippen LogP contribution in [0.4, 0.5) is 0 Å². The Morgan fingerprint density at radius 2 is 2.23 bits per heavy atom. The highest BCUT2D eigenvalue weighted by atomic mass is 35.5. The number of phenolic OH excluding ortho intramolecular Hbond substituents is 1. The molecule has 0 amide bonds. The van der Waals surface area contributed by atoms with Gasteiger partial charge in [0.25, 0.3) is 0 Å². The third-order valence-electron chi connectivity index (χ3n) is 2.58. The summed E-state index contributed by atoms with van der Waals surface area (Å²) in [6.45, 7) is 0. The monoisotopic (exact) mass is 197 g/mol. The molecule has 3 N–H and O–H groups in total. The largest absolute Gasteiger partial charge is 0.506 e. The van der Waals surface area contributed by atoms with E-state index in [0.29, 0.717) is 5.02 Å². The standard InChI is InChI=1S/C10H12ClNO/c11-9-4-1-6-5-7(12)2-3-8(6)10(9)13/h1,4,7,13H,2-3,5,12H2. The predicted octanol–water partition coefficient (Wildman–Crippen LogP) is 1.86. The molecule has 0 fully saturated rings. The minimum absolute atomic E-state index is 0.230. The smallest absolute Gasteiger partial charge is 0.137 e. The van der Waals surface area contributed by atoms with Crippen LogP contribution in [0.15, 0.2) is 12.1 Å². The molecule has 0 radical (unpaired) electrons. The van der Waals surface area contributed by atoms with Crippen LogP contribution in [-0.4, -0.2) is 11.1 Å². The van der Waals surface area contributed by atoms with Crippen molar-refractivity contribution in [2.45, 2.75) is 25.3 Å². The second kappa shape index (κ2) is 3.20. The lowest BCUT2D eigenvalue weighted by atomic mass is 9.88. The molecule has 1 aliphatic rings. The van der Waals surface area contributed by atoms with E-state index < -0.39 is 0 Å². The fourth-order valence-corrected chi connectivity index (χ4v) is 2.01. The van der Waals surface area contributed by atoms with Gasteiger partial charge in [0.1, 0.15) is 5.75 Å². The van der Waals surface area contributed by atoms with Crippen LogP contribution < -0.4 is 5.73 Å². The van der Waals surface area contributed by atoms with E-state index in [9.17, 15) is 5.11 Å². The number of benzene rings is 1. The van der Waals surface area contributed by atoms with Gasteiger partial charge in [-0.05, 0) is 36.5 Å². The Morgan fingerprint density at radius 1 is 1.46 bits per heavy atom. The molecule has 0 heterocycles. The molecule has 1 aromatic carbocycles. The average Bonchev–Trinajstić information content (AvgIpc) is 2.12. The van der Waals surface area contributed by atoms with Crippen LogP contribution in [0.25, 0.3) is 0 Å². The molecule has 2 rings (SSSR count). The zero-order valence-corrected chi connectivity index (χ0v) is 8.01. The van der Waals surface area contributed by atoms with Crippen LogP contribution >= 0.6 is 11.6 Å². The first-order valence-corrected chi connectivity index (χ1v) is 4.81. The van der Waals surface area contributed by atoms with Gasteiger partial charge in [-0.15, -0.1) is 0 Å². The number of phenols is 1. The van der Waals surface area contributed by atoms with Crippen molar-refractivity contribution in [1.29, 1.82) is 0 Å². The summed E-state index contributed by atoms with van der Waals surface area (Å²) >= 11 is 5.80. The quantitative estimate of drug-likeness (QED) is 0.667. The first-order valence-electron chi connectivity index (χ1n) is 4.43. The topological polar surface area (TPSA) is 46.2 Å². The lowest BCUT2D eigenvalue weighted by Crippen LogP contribution is -2.27. The minimum Gasteiger partial charge on any atom is -0.506 e. The van der Waals surface area contributed by atoms with E-state index in [1.54, 1.807) is 6.07 Å². The summed E-state index contributed by atoms with van der Waals surface area (Å²) in [6.07, 6.45) is 2.61. The highest BCUT2D eigenvalue weighted by molar-refractivity contribution is 6.32. The van der Waals surface area contributed by atoms with E-state index in [1.807, 2.05) is 6.07 Å². The highest BCUT2D eigenvalue weighted by Gasteiger charge is 2.19. The van der Waals surface area contributed by atoms with Gasteiger partial charge < -0.3 is 10.8 Å². The van der Waals surface area contributed by atoms with Crippen LogP contribution in [0.2, 0.25) is 5.02 Å². The Kier molecular flexibility index (Phi) is 2.18. The van der Waals surface area contributed by atoms with Crippen molar-refractivity contribution >= 4 is 11.6 Å². The fraction of sp³-hybridized carbons (Fsp3) is 0.400. The van der Waals surface area contributed by atoms with Gasteiger partial charge >= 0.3 is 0 Å². The predicted molar refractivity (Wildman–Crippen MR) is 53.1 cm³/mol. The molecule has 3 heteroatoms. The highest BCUT2D eigenvalue weighted by Crippen LogP contribution is 2.34. The van der Waals surface area contributed by atoms with Gasteiger partial charge in [-0.2, -0.15) is 0 Å². The van der Waals surface area contributed by atoms with Crippen LogP contribution in [0, 0.1) is 0 Å². The van der Waals surface area contributed by atoms with Gasteiger partial charge in [0.15, 0.2) is 0 Å². The molecule has 70 valence electrons. The molecular weight excluding hydrogens is 186 g/mol. The van der Waals surface area contributed by atoms with Crippen LogP contribution in [0.5, 0.6) is 5.75 Å². The number of fused-ring (bicyclic) bond motifs is 1. The molecule has 0 aliphatic heterocycles. The molecule has 0 spiro atoms. The van der Waals surface area contributed by atoms with Crippen LogP contribution in [0.3, 0.4) is 0 Å². The Balaban J connectivity index is 2.47. The number of hydrogen-bond acceptors (Lipinski definition) is 2. The van der Waals surface area contributed by atoms with E-state index >= 15 is 0 Å². The third kappa shape index (κ3) is 1.52. The summed E-state index contributed by atoms with van der Waals surface area (Å²) in [6, 6.07) is 3.91. The summed E-state index contributed by atoms with van der Waals surface area (Å²) in [5, 5.41) is 10.1. The van der Waals surface area contributed by atoms with Crippen LogP contribution in [0.1, 0.15) is 17.5 Å². The summed E-state index contributed by atoms with van der Waals surface area (Å²) in [5.74, 6) is 0.242. The van der Waals surface area contributed by atoms with E-state index in [4.69, 9.17) is 17.3 Å². The lowest BCUT2D eigenvalue weighted by Gasteiger charge is -2.22. The van der Waals surface area contributed by atoms with E-state index in [-0.39, 0.29) is 11.8 Å². The molecule has 0 saturated carbocycles. The molecule has 1 aliphatic carbocycles. The van der Waals surface area contributed by atoms with Crippen molar-refractivity contribution in [2.75, 3.05) is 0 Å². The third-order valence-corrected chi connectivity index (χ3v) is 2.88.